The number of nitrogens with zero attached hydrogens (tertiary/aromatic N) is 8. The first-order valence-corrected chi connectivity index (χ1v) is 30.9. The van der Waals surface area contributed by atoms with Gasteiger partial charge in [0, 0.05) is 66.1 Å². The summed E-state index contributed by atoms with van der Waals surface area (Å²) >= 11 is 0. The molecule has 10 aromatic carbocycles. The molecule has 0 atom stereocenters. The lowest BCUT2D eigenvalue weighted by atomic mass is 9.87. The Balaban J connectivity index is 1.25. The summed E-state index contributed by atoms with van der Waals surface area (Å²) in [6, 6.07) is 61.0. The van der Waals surface area contributed by atoms with Gasteiger partial charge in [-0.1, -0.05) is 182 Å². The number of aromatic nitrogens is 2. The summed E-state index contributed by atoms with van der Waals surface area (Å²) in [7, 11) is -15.4. The van der Waals surface area contributed by atoms with Crippen molar-refractivity contribution in [3.63, 3.8) is 0 Å². The van der Waals surface area contributed by atoms with Crippen molar-refractivity contribution in [1.29, 1.82) is 0 Å². The van der Waals surface area contributed by atoms with E-state index in [1.807, 2.05) is 170 Å². The van der Waals surface area contributed by atoms with Crippen LogP contribution in [0, 0.1) is 0 Å². The predicted molar refractivity (Wildman–Crippen MR) is 322 cm³/mol. The van der Waals surface area contributed by atoms with Crippen LogP contribution in [0.3, 0.4) is 0 Å². The maximum Gasteiger partial charge on any atom is 0.597 e. The van der Waals surface area contributed by atoms with Gasteiger partial charge in [-0.25, -0.2) is 30.0 Å². The number of rotatable bonds is 6. The van der Waals surface area contributed by atoms with Gasteiger partial charge in [-0.15, -0.1) is 0 Å². The van der Waals surface area contributed by atoms with E-state index >= 15 is 0 Å². The summed E-state index contributed by atoms with van der Waals surface area (Å²) in [4.78, 5) is 61.1. The van der Waals surface area contributed by atoms with Crippen molar-refractivity contribution in [2.45, 2.75) is 9.79 Å². The van der Waals surface area contributed by atoms with Crippen molar-refractivity contribution in [3.8, 4) is 44.5 Å². The molecule has 12 aromatic rings. The number of hydrogen-bond acceptors (Lipinski definition) is 12. The molecular formula is C64H38N8O8S2Si. The van der Waals surface area contributed by atoms with E-state index in [1.165, 1.54) is 32.7 Å². The molecule has 83 heavy (non-hydrogen) atoms. The van der Waals surface area contributed by atoms with Gasteiger partial charge in [0.1, 0.15) is 22.6 Å². The molecule has 0 fully saturated rings. The van der Waals surface area contributed by atoms with Crippen molar-refractivity contribution in [2.24, 2.45) is 30.0 Å². The van der Waals surface area contributed by atoms with Crippen LogP contribution in [-0.4, -0.2) is 76.2 Å². The number of fused-ring (bicyclic) bond motifs is 16. The van der Waals surface area contributed by atoms with Crippen LogP contribution in [0.4, 0.5) is 11.6 Å². The summed E-state index contributed by atoms with van der Waals surface area (Å²) in [5.74, 6) is 0.680. The minimum atomic E-state index is -5.80. The summed E-state index contributed by atoms with van der Waals surface area (Å²) in [6.07, 6.45) is 0. The molecule has 0 amide bonds. The van der Waals surface area contributed by atoms with Gasteiger partial charge in [0.2, 0.25) is 0 Å². The van der Waals surface area contributed by atoms with Crippen LogP contribution in [0.1, 0.15) is 22.3 Å². The van der Waals surface area contributed by atoms with E-state index in [-0.39, 0.29) is 55.7 Å². The minimum absolute atomic E-state index is 0.0183. The molecule has 0 radical (unpaired) electrons. The Morgan fingerprint density at radius 1 is 0.325 bits per heavy atom. The highest BCUT2D eigenvalue weighted by Gasteiger charge is 2.49. The zero-order chi connectivity index (χ0) is 56.3. The number of aliphatic imine (C=N–C) groups is 4. The van der Waals surface area contributed by atoms with E-state index in [2.05, 4.69) is 0 Å². The molecule has 16 rings (SSSR count). The summed E-state index contributed by atoms with van der Waals surface area (Å²) in [5.41, 5.74) is 6.62. The van der Waals surface area contributed by atoms with Gasteiger partial charge in [0.15, 0.2) is 23.3 Å². The Morgan fingerprint density at radius 3 is 0.976 bits per heavy atom. The summed E-state index contributed by atoms with van der Waals surface area (Å²) in [6.45, 7) is 0. The Hall–Kier alpha value is -9.96. The number of amidine groups is 4. The maximum absolute atomic E-state index is 14.6. The van der Waals surface area contributed by atoms with E-state index in [9.17, 15) is 35.5 Å². The van der Waals surface area contributed by atoms with Crippen LogP contribution in [0.25, 0.3) is 87.6 Å². The van der Waals surface area contributed by atoms with E-state index in [0.717, 1.165) is 0 Å². The first-order chi connectivity index (χ1) is 40.2. The van der Waals surface area contributed by atoms with Crippen molar-refractivity contribution in [3.05, 3.63) is 239 Å². The highest BCUT2D eigenvalue weighted by Crippen LogP contribution is 2.54. The summed E-state index contributed by atoms with van der Waals surface area (Å²) < 4.78 is 77.4. The number of hydrogen-bond donors (Lipinski definition) is 4. The molecule has 4 N–H and O–H groups in total. The maximum atomic E-state index is 14.6. The van der Waals surface area contributed by atoms with Gasteiger partial charge in [-0.05, 0) is 68.1 Å². The molecule has 4 aliphatic rings. The third-order valence-electron chi connectivity index (χ3n) is 15.8. The van der Waals surface area contributed by atoms with E-state index in [0.29, 0.717) is 110 Å². The molecule has 398 valence electrons. The predicted octanol–water partition coefficient (Wildman–Crippen LogP) is 10.8. The lowest BCUT2D eigenvalue weighted by Crippen LogP contribution is -2.60. The molecule has 19 heteroatoms. The molecule has 16 nitrogen and oxygen atoms in total. The molecule has 6 bridgehead atoms. The standard InChI is InChI=1S/C64H38N8O8S2Si/c73-81(74,75)39-29-31-41-47(33-39)51(37-21-9-3-10-22-37)55-53(49(41)35-17-5-1-6-18-35)61-67-57-43-25-13-15-27-45(43)60(65-57)70-64-56-52(38-23-11-4-12-24-38)48-34-40(82(76,77)78)30-32-42(48)50(36-19-7-2-8-20-36)54(56)62-68-58-44-26-14-16-28-46(44)59(66-58)69-63(55)71(61)83(79,80)72(62)64/h1-34,79-80H,(H,73,74,75)(H,76,77,78). The third-order valence-corrected chi connectivity index (χ3v) is 19.6. The number of benzene rings is 10. The van der Waals surface area contributed by atoms with Gasteiger partial charge in [0.25, 0.3) is 20.2 Å². The van der Waals surface area contributed by atoms with Crippen molar-refractivity contribution >= 4 is 107 Å². The van der Waals surface area contributed by atoms with E-state index < -0.39 is 29.1 Å². The monoisotopic (exact) mass is 1140 g/mol. The molecular weight excluding hydrogens is 1100 g/mol. The molecule has 0 saturated carbocycles. The largest absolute Gasteiger partial charge is 0.597 e. The second-order valence-electron chi connectivity index (χ2n) is 20.5. The van der Waals surface area contributed by atoms with Gasteiger partial charge >= 0.3 is 8.88 Å². The fourth-order valence-electron chi connectivity index (χ4n) is 12.4. The lowest BCUT2D eigenvalue weighted by Gasteiger charge is -2.24. The third kappa shape index (κ3) is 7.17. The first-order valence-electron chi connectivity index (χ1n) is 26.2. The molecule has 6 heterocycles. The van der Waals surface area contributed by atoms with Crippen LogP contribution in [0.5, 0.6) is 0 Å². The Kier molecular flexibility index (Phi) is 10.3. The van der Waals surface area contributed by atoms with Gasteiger partial charge in [0.05, 0.1) is 9.79 Å². The molecule has 4 aliphatic heterocycles. The Morgan fingerprint density at radius 2 is 0.627 bits per heavy atom. The van der Waals surface area contributed by atoms with Crippen molar-refractivity contribution in [2.75, 3.05) is 0 Å². The average Bonchev–Trinajstić information content (AvgIpc) is 1.66. The highest BCUT2D eigenvalue weighted by atomic mass is 32.2. The fourth-order valence-corrected chi connectivity index (χ4v) is 15.4. The topological polar surface area (TPSA) is 233 Å². The second-order valence-corrected chi connectivity index (χ2v) is 25.4. The van der Waals surface area contributed by atoms with Crippen LogP contribution < -0.4 is 11.0 Å². The van der Waals surface area contributed by atoms with Crippen LogP contribution in [0.2, 0.25) is 0 Å². The molecule has 0 saturated heterocycles. The van der Waals surface area contributed by atoms with E-state index in [1.54, 1.807) is 12.1 Å². The van der Waals surface area contributed by atoms with Gasteiger partial charge in [-0.2, -0.15) is 16.8 Å². The first kappa shape index (κ1) is 48.9. The summed E-state index contributed by atoms with van der Waals surface area (Å²) in [5, 5.41) is 3.25. The van der Waals surface area contributed by atoms with Crippen LogP contribution in [0.15, 0.2) is 246 Å². The molecule has 0 spiro atoms. The molecule has 2 aromatic heterocycles. The van der Waals surface area contributed by atoms with Crippen LogP contribution >= 0.6 is 0 Å². The quantitative estimate of drug-likeness (QED) is 0.0921. The van der Waals surface area contributed by atoms with Crippen molar-refractivity contribution < 1.29 is 35.5 Å². The Labute approximate surface area is 472 Å². The van der Waals surface area contributed by atoms with Gasteiger partial charge < -0.3 is 9.59 Å². The molecule has 0 unspecified atom stereocenters. The fraction of sp³-hybridized carbons (Fsp3) is 0. The Bertz CT molecular complexity index is 5460. The zero-order valence-corrected chi connectivity index (χ0v) is 45.6. The van der Waals surface area contributed by atoms with E-state index in [4.69, 9.17) is 30.0 Å². The smallest absolute Gasteiger partial charge is 0.377 e. The minimum Gasteiger partial charge on any atom is -0.377 e. The SMILES string of the molecule is O=S(=O)(O)c1ccc2c(-c3ccccc3)c3c4n5c(c3c(-c3ccccc3)c2c1)N=C1N=C(N=c2c3c(-c6ccccc6)c6ccc(S(=O)(=O)O)cc6c(-c6ccccc6)c3c(n2[Si]5(O)O)=NC2=NC(=N4)c3ccccc32)c2ccccc21. The van der Waals surface area contributed by atoms with Crippen LogP contribution in [-0.2, 0) is 20.2 Å². The lowest BCUT2D eigenvalue weighted by molar-refractivity contribution is 0.324. The average molecular weight is 1140 g/mol. The van der Waals surface area contributed by atoms with Gasteiger partial charge in [-0.3, -0.25) is 17.6 Å². The zero-order valence-electron chi connectivity index (χ0n) is 42.9. The molecule has 0 aliphatic carbocycles. The normalized spacial score (nSPS) is 14.8. The van der Waals surface area contributed by atoms with Crippen molar-refractivity contribution in [1.82, 2.24) is 8.47 Å². The second kappa shape index (κ2) is 17.5. The highest BCUT2D eigenvalue weighted by molar-refractivity contribution is 7.86.